The Hall–Kier alpha value is -1.05. The molecule has 0 bridgehead atoms. The number of nitrogens with one attached hydrogen (secondary N) is 1. The molecule has 0 unspecified atom stereocenters. The Labute approximate surface area is 98.2 Å². The summed E-state index contributed by atoms with van der Waals surface area (Å²) in [5, 5.41) is 12.0. The van der Waals surface area contributed by atoms with Crippen LogP contribution in [0, 0.1) is 11.3 Å². The SMILES string of the molecule is COCCCNc1cc(Br)cc(C#N)c1. The van der Waals surface area contributed by atoms with Crippen LogP contribution < -0.4 is 5.32 Å². The van der Waals surface area contributed by atoms with Gasteiger partial charge in [0.15, 0.2) is 0 Å². The summed E-state index contributed by atoms with van der Waals surface area (Å²) >= 11 is 3.36. The van der Waals surface area contributed by atoms with Crippen molar-refractivity contribution in [2.24, 2.45) is 0 Å². The fourth-order valence-electron chi connectivity index (χ4n) is 1.21. The highest BCUT2D eigenvalue weighted by atomic mass is 79.9. The number of nitriles is 1. The molecule has 1 N–H and O–H groups in total. The topological polar surface area (TPSA) is 45.0 Å². The molecule has 0 aromatic heterocycles. The average Bonchev–Trinajstić information content (AvgIpc) is 2.23. The summed E-state index contributed by atoms with van der Waals surface area (Å²) in [7, 11) is 1.69. The van der Waals surface area contributed by atoms with Gasteiger partial charge in [0.25, 0.3) is 0 Å². The van der Waals surface area contributed by atoms with Gasteiger partial charge in [0.1, 0.15) is 0 Å². The lowest BCUT2D eigenvalue weighted by Crippen LogP contribution is -2.04. The Morgan fingerprint density at radius 3 is 2.93 bits per heavy atom. The van der Waals surface area contributed by atoms with Crippen molar-refractivity contribution >= 4 is 21.6 Å². The van der Waals surface area contributed by atoms with Gasteiger partial charge in [-0.1, -0.05) is 15.9 Å². The van der Waals surface area contributed by atoms with Gasteiger partial charge < -0.3 is 10.1 Å². The highest BCUT2D eigenvalue weighted by molar-refractivity contribution is 9.10. The fourth-order valence-corrected chi connectivity index (χ4v) is 1.70. The fraction of sp³-hybridized carbons (Fsp3) is 0.364. The third-order valence-electron chi connectivity index (χ3n) is 1.88. The monoisotopic (exact) mass is 268 g/mol. The Morgan fingerprint density at radius 1 is 1.47 bits per heavy atom. The molecule has 1 aromatic carbocycles. The zero-order valence-corrected chi connectivity index (χ0v) is 10.2. The van der Waals surface area contributed by atoms with Crippen LogP contribution in [-0.2, 0) is 4.74 Å². The predicted molar refractivity (Wildman–Crippen MR) is 63.8 cm³/mol. The van der Waals surface area contributed by atoms with E-state index in [1.165, 1.54) is 0 Å². The molecule has 0 atom stereocenters. The van der Waals surface area contributed by atoms with E-state index in [0.717, 1.165) is 29.7 Å². The molecule has 4 heteroatoms. The van der Waals surface area contributed by atoms with E-state index in [2.05, 4.69) is 27.3 Å². The summed E-state index contributed by atoms with van der Waals surface area (Å²) in [4.78, 5) is 0. The van der Waals surface area contributed by atoms with Crippen LogP contribution in [0.1, 0.15) is 12.0 Å². The second-order valence-corrected chi connectivity index (χ2v) is 4.03. The summed E-state index contributed by atoms with van der Waals surface area (Å²) in [5.41, 5.74) is 1.61. The van der Waals surface area contributed by atoms with Crippen LogP contribution in [0.15, 0.2) is 22.7 Å². The van der Waals surface area contributed by atoms with Crippen LogP contribution in [0.5, 0.6) is 0 Å². The minimum absolute atomic E-state index is 0.651. The van der Waals surface area contributed by atoms with Gasteiger partial charge in [-0.2, -0.15) is 5.26 Å². The predicted octanol–water partition coefficient (Wildman–Crippen LogP) is 2.77. The first kappa shape index (κ1) is 12.0. The molecule has 0 fully saturated rings. The first-order valence-corrected chi connectivity index (χ1v) is 5.49. The van der Waals surface area contributed by atoms with Crippen LogP contribution in [0.4, 0.5) is 5.69 Å². The molecule has 1 rings (SSSR count). The van der Waals surface area contributed by atoms with Gasteiger partial charge in [0.05, 0.1) is 11.6 Å². The van der Waals surface area contributed by atoms with E-state index in [1.807, 2.05) is 12.1 Å². The lowest BCUT2D eigenvalue weighted by atomic mass is 10.2. The molecule has 0 amide bonds. The van der Waals surface area contributed by atoms with Gasteiger partial charge in [-0.25, -0.2) is 0 Å². The second-order valence-electron chi connectivity index (χ2n) is 3.11. The van der Waals surface area contributed by atoms with Crippen molar-refractivity contribution in [3.63, 3.8) is 0 Å². The molecule has 80 valence electrons. The van der Waals surface area contributed by atoms with Crippen molar-refractivity contribution in [3.8, 4) is 6.07 Å². The van der Waals surface area contributed by atoms with Gasteiger partial charge in [0.2, 0.25) is 0 Å². The van der Waals surface area contributed by atoms with E-state index in [-0.39, 0.29) is 0 Å². The molecule has 0 aliphatic carbocycles. The zero-order chi connectivity index (χ0) is 11.1. The van der Waals surface area contributed by atoms with E-state index < -0.39 is 0 Å². The first-order chi connectivity index (χ1) is 7.26. The number of ether oxygens (including phenoxy) is 1. The molecule has 0 heterocycles. The number of methoxy groups -OCH3 is 1. The number of rotatable bonds is 5. The molecule has 0 aliphatic heterocycles. The van der Waals surface area contributed by atoms with Crippen LogP contribution >= 0.6 is 15.9 Å². The summed E-state index contributed by atoms with van der Waals surface area (Å²) in [5.74, 6) is 0. The molecule has 0 saturated heterocycles. The Bertz CT molecular complexity index is 360. The van der Waals surface area contributed by atoms with Crippen LogP contribution in [-0.4, -0.2) is 20.3 Å². The molecule has 1 aromatic rings. The van der Waals surface area contributed by atoms with Crippen molar-refractivity contribution in [1.82, 2.24) is 0 Å². The van der Waals surface area contributed by atoms with Gasteiger partial charge in [-0.15, -0.1) is 0 Å². The smallest absolute Gasteiger partial charge is 0.0992 e. The number of hydrogen-bond donors (Lipinski definition) is 1. The quantitative estimate of drug-likeness (QED) is 0.836. The minimum Gasteiger partial charge on any atom is -0.385 e. The molecular weight excluding hydrogens is 256 g/mol. The largest absolute Gasteiger partial charge is 0.385 e. The molecule has 15 heavy (non-hydrogen) atoms. The number of halogens is 1. The molecule has 0 radical (unpaired) electrons. The summed E-state index contributed by atoms with van der Waals surface area (Å²) in [6.45, 7) is 1.58. The van der Waals surface area contributed by atoms with E-state index in [9.17, 15) is 0 Å². The van der Waals surface area contributed by atoms with Crippen LogP contribution in [0.2, 0.25) is 0 Å². The Morgan fingerprint density at radius 2 is 2.27 bits per heavy atom. The highest BCUT2D eigenvalue weighted by Crippen LogP contribution is 2.18. The van der Waals surface area contributed by atoms with E-state index >= 15 is 0 Å². The third kappa shape index (κ3) is 4.32. The van der Waals surface area contributed by atoms with Crippen molar-refractivity contribution in [3.05, 3.63) is 28.2 Å². The van der Waals surface area contributed by atoms with E-state index in [1.54, 1.807) is 13.2 Å². The molecule has 0 saturated carbocycles. The van der Waals surface area contributed by atoms with E-state index in [0.29, 0.717) is 5.56 Å². The lowest BCUT2D eigenvalue weighted by Gasteiger charge is -2.06. The lowest BCUT2D eigenvalue weighted by molar-refractivity contribution is 0.198. The van der Waals surface area contributed by atoms with Crippen LogP contribution in [0.25, 0.3) is 0 Å². The number of hydrogen-bond acceptors (Lipinski definition) is 3. The highest BCUT2D eigenvalue weighted by Gasteiger charge is 1.98. The van der Waals surface area contributed by atoms with Gasteiger partial charge in [-0.3, -0.25) is 0 Å². The number of nitrogens with zero attached hydrogens (tertiary/aromatic N) is 1. The van der Waals surface area contributed by atoms with Gasteiger partial charge >= 0.3 is 0 Å². The maximum absolute atomic E-state index is 8.78. The Kier molecular flexibility index (Phi) is 5.16. The maximum Gasteiger partial charge on any atom is 0.0992 e. The molecule has 3 nitrogen and oxygen atoms in total. The molecule has 0 aliphatic rings. The van der Waals surface area contributed by atoms with Crippen molar-refractivity contribution in [1.29, 1.82) is 5.26 Å². The zero-order valence-electron chi connectivity index (χ0n) is 8.59. The summed E-state index contributed by atoms with van der Waals surface area (Å²) in [6, 6.07) is 7.69. The summed E-state index contributed by atoms with van der Waals surface area (Å²) in [6.07, 6.45) is 0.949. The van der Waals surface area contributed by atoms with Crippen molar-refractivity contribution in [2.75, 3.05) is 25.6 Å². The minimum atomic E-state index is 0.651. The third-order valence-corrected chi connectivity index (χ3v) is 2.34. The number of anilines is 1. The van der Waals surface area contributed by atoms with Crippen molar-refractivity contribution < 1.29 is 4.74 Å². The Balaban J connectivity index is 2.54. The maximum atomic E-state index is 8.78. The first-order valence-electron chi connectivity index (χ1n) is 4.70. The normalized spacial score (nSPS) is 9.67. The standard InChI is InChI=1S/C11H13BrN2O/c1-15-4-2-3-14-11-6-9(8-13)5-10(12)7-11/h5-7,14H,2-4H2,1H3. The summed E-state index contributed by atoms with van der Waals surface area (Å²) < 4.78 is 5.86. The van der Waals surface area contributed by atoms with Gasteiger partial charge in [0, 0.05) is 30.4 Å². The average molecular weight is 269 g/mol. The van der Waals surface area contributed by atoms with E-state index in [4.69, 9.17) is 10.00 Å². The molecule has 0 spiro atoms. The molecular formula is C11H13BrN2O. The van der Waals surface area contributed by atoms with Crippen molar-refractivity contribution in [2.45, 2.75) is 6.42 Å². The van der Waals surface area contributed by atoms with Crippen LogP contribution in [0.3, 0.4) is 0 Å². The number of benzene rings is 1. The second kappa shape index (κ2) is 6.44. The van der Waals surface area contributed by atoms with Gasteiger partial charge in [-0.05, 0) is 24.6 Å².